The molecule has 1 aliphatic carbocycles. The van der Waals surface area contributed by atoms with Gasteiger partial charge in [-0.2, -0.15) is 5.10 Å². The predicted molar refractivity (Wildman–Crippen MR) is 160 cm³/mol. The molecule has 2 aliphatic heterocycles. The zero-order chi connectivity index (χ0) is 31.0. The number of hydrogen-bond donors (Lipinski definition) is 0. The van der Waals surface area contributed by atoms with Crippen LogP contribution in [0.25, 0.3) is 16.8 Å². The summed E-state index contributed by atoms with van der Waals surface area (Å²) in [5.41, 5.74) is 4.18. The van der Waals surface area contributed by atoms with Crippen molar-refractivity contribution in [2.75, 3.05) is 13.1 Å². The zero-order valence-electron chi connectivity index (χ0n) is 25.7. The van der Waals surface area contributed by atoms with Gasteiger partial charge in [0, 0.05) is 23.2 Å². The van der Waals surface area contributed by atoms with Gasteiger partial charge < -0.3 is 14.4 Å². The number of imide groups is 1. The summed E-state index contributed by atoms with van der Waals surface area (Å²) in [5, 5.41) is 4.98. The molecule has 0 radical (unpaired) electrons. The van der Waals surface area contributed by atoms with Crippen LogP contribution in [-0.2, 0) is 32.0 Å². The summed E-state index contributed by atoms with van der Waals surface area (Å²) < 4.78 is 13.7. The van der Waals surface area contributed by atoms with Gasteiger partial charge in [0.2, 0.25) is 11.8 Å². The monoisotopic (exact) mass is 607 g/mol. The molecule has 3 unspecified atom stereocenters. The number of carbonyl (C=O) groups excluding carboxylic acids is 3. The van der Waals surface area contributed by atoms with Crippen molar-refractivity contribution in [2.24, 2.45) is 17.3 Å². The number of ether oxygens (including phenoxy) is 2. The number of halogens is 1. The molecule has 3 fully saturated rings. The Hall–Kier alpha value is -3.50. The van der Waals surface area contributed by atoms with Crippen LogP contribution >= 0.6 is 11.6 Å². The lowest BCUT2D eigenvalue weighted by Gasteiger charge is -2.38. The highest BCUT2D eigenvalue weighted by Crippen LogP contribution is 2.63. The molecular formula is C32H38ClN5O5. The van der Waals surface area contributed by atoms with Crippen molar-refractivity contribution in [1.29, 1.82) is 0 Å². The minimum absolute atomic E-state index is 0.101. The van der Waals surface area contributed by atoms with Crippen LogP contribution in [0.4, 0.5) is 4.79 Å². The third-order valence-corrected chi connectivity index (χ3v) is 9.02. The van der Waals surface area contributed by atoms with E-state index in [1.807, 2.05) is 72.9 Å². The van der Waals surface area contributed by atoms with Crippen LogP contribution in [0.3, 0.4) is 0 Å². The molecule has 0 spiro atoms. The molecule has 10 nitrogen and oxygen atoms in total. The number of benzene rings is 1. The summed E-state index contributed by atoms with van der Waals surface area (Å²) in [5.74, 6) is -0.645. The lowest BCUT2D eigenvalue weighted by molar-refractivity contribution is -0.143. The molecule has 4 heterocycles. The molecule has 3 amide bonds. The van der Waals surface area contributed by atoms with Gasteiger partial charge in [0.25, 0.3) is 0 Å². The third kappa shape index (κ3) is 5.40. The number of likely N-dealkylation sites (tertiary alicyclic amines) is 1. The van der Waals surface area contributed by atoms with Gasteiger partial charge >= 0.3 is 6.09 Å². The molecular weight excluding hydrogens is 570 g/mol. The van der Waals surface area contributed by atoms with E-state index in [9.17, 15) is 14.4 Å². The van der Waals surface area contributed by atoms with Crippen molar-refractivity contribution < 1.29 is 23.9 Å². The van der Waals surface area contributed by atoms with E-state index >= 15 is 0 Å². The second-order valence-corrected chi connectivity index (χ2v) is 14.2. The van der Waals surface area contributed by atoms with Crippen molar-refractivity contribution in [3.63, 3.8) is 0 Å². The van der Waals surface area contributed by atoms with Gasteiger partial charge in [0.15, 0.2) is 0 Å². The van der Waals surface area contributed by atoms with Crippen LogP contribution in [0.15, 0.2) is 30.7 Å². The number of aromatic nitrogens is 3. The van der Waals surface area contributed by atoms with Crippen LogP contribution in [0.5, 0.6) is 0 Å². The van der Waals surface area contributed by atoms with Crippen molar-refractivity contribution in [1.82, 2.24) is 24.4 Å². The molecule has 2 saturated heterocycles. The second kappa shape index (κ2) is 10.3. The van der Waals surface area contributed by atoms with Gasteiger partial charge in [-0.1, -0.05) is 25.4 Å². The average molecular weight is 608 g/mol. The van der Waals surface area contributed by atoms with E-state index in [4.69, 9.17) is 21.1 Å². The van der Waals surface area contributed by atoms with Crippen LogP contribution in [0, 0.1) is 24.2 Å². The summed E-state index contributed by atoms with van der Waals surface area (Å²) in [4.78, 5) is 46.5. The molecule has 1 aromatic carbocycles. The molecule has 43 heavy (non-hydrogen) atoms. The van der Waals surface area contributed by atoms with Gasteiger partial charge in [-0.05, 0) is 74.9 Å². The number of morpholine rings is 1. The number of amides is 3. The number of hydrogen-bond acceptors (Lipinski definition) is 7. The standard InChI is InChI=1S/C32H38ClN5O5/c1-17-8-20(33)10-23(22(17)11-21-15-36(12-18(2)42-21)30(41)43-31(3,4)5)27-24-9-19(14-38(24)35-16-34-27)13-37-28(39)25-26(29(37)40)32(25,6)7/h8-10,14,16,18,21,25-26H,11-13,15H2,1-7H3/t18-,21?,25?,26?/m0/s1. The molecule has 3 aliphatic rings. The Morgan fingerprint density at radius 3 is 2.51 bits per heavy atom. The second-order valence-electron chi connectivity index (χ2n) is 13.7. The van der Waals surface area contributed by atoms with Crippen LogP contribution < -0.4 is 0 Å². The van der Waals surface area contributed by atoms with Gasteiger partial charge in [0.05, 0.1) is 54.9 Å². The van der Waals surface area contributed by atoms with E-state index in [1.165, 1.54) is 11.2 Å². The highest BCUT2D eigenvalue weighted by molar-refractivity contribution is 6.31. The number of rotatable bonds is 5. The highest BCUT2D eigenvalue weighted by atomic mass is 35.5. The zero-order valence-corrected chi connectivity index (χ0v) is 26.4. The summed E-state index contributed by atoms with van der Waals surface area (Å²) in [6.45, 7) is 14.5. The lowest BCUT2D eigenvalue weighted by atomic mass is 9.93. The number of carbonyl (C=O) groups is 3. The van der Waals surface area contributed by atoms with Crippen molar-refractivity contribution in [3.05, 3.63) is 52.4 Å². The van der Waals surface area contributed by atoms with Crippen LogP contribution in [0.1, 0.15) is 58.2 Å². The number of piperidine rings is 1. The van der Waals surface area contributed by atoms with Gasteiger partial charge in [-0.25, -0.2) is 14.3 Å². The quantitative estimate of drug-likeness (QED) is 0.373. The summed E-state index contributed by atoms with van der Waals surface area (Å²) in [6.07, 6.45) is 3.07. The Morgan fingerprint density at radius 2 is 1.84 bits per heavy atom. The fourth-order valence-corrected chi connectivity index (χ4v) is 7.01. The number of aryl methyl sites for hydroxylation is 1. The topological polar surface area (TPSA) is 106 Å². The molecule has 2 aromatic heterocycles. The van der Waals surface area contributed by atoms with Crippen molar-refractivity contribution in [2.45, 2.75) is 79.2 Å². The Kier molecular flexibility index (Phi) is 7.08. The van der Waals surface area contributed by atoms with E-state index in [0.717, 1.165) is 27.8 Å². The van der Waals surface area contributed by atoms with Gasteiger partial charge in [-0.15, -0.1) is 0 Å². The predicted octanol–water partition coefficient (Wildman–Crippen LogP) is 5.07. The maximum atomic E-state index is 13.0. The molecule has 1 saturated carbocycles. The minimum Gasteiger partial charge on any atom is -0.444 e. The molecule has 11 heteroatoms. The third-order valence-electron chi connectivity index (χ3n) is 8.80. The summed E-state index contributed by atoms with van der Waals surface area (Å²) in [6, 6.07) is 5.73. The first-order chi connectivity index (χ1) is 20.1. The molecule has 0 N–H and O–H groups in total. The first kappa shape index (κ1) is 29.6. The SMILES string of the molecule is Cc1cc(Cl)cc(-c2ncnn3cc(CN4C(=O)C5C(C4=O)C5(C)C)cc23)c1CC1CN(C(=O)OC(C)(C)C)C[C@H](C)O1. The largest absolute Gasteiger partial charge is 0.444 e. The average Bonchev–Trinajstić information content (AvgIpc) is 3.14. The first-order valence-corrected chi connectivity index (χ1v) is 15.1. The fourth-order valence-electron chi connectivity index (χ4n) is 6.74. The van der Waals surface area contributed by atoms with E-state index in [1.54, 1.807) is 9.42 Å². The van der Waals surface area contributed by atoms with Gasteiger partial charge in [0.1, 0.15) is 11.9 Å². The van der Waals surface area contributed by atoms with Crippen molar-refractivity contribution >= 4 is 35.0 Å². The molecule has 4 atom stereocenters. The van der Waals surface area contributed by atoms with Crippen LogP contribution in [0.2, 0.25) is 5.02 Å². The van der Waals surface area contributed by atoms with E-state index in [2.05, 4.69) is 10.1 Å². The first-order valence-electron chi connectivity index (χ1n) is 14.7. The number of nitrogens with zero attached hydrogens (tertiary/aromatic N) is 5. The summed E-state index contributed by atoms with van der Waals surface area (Å²) >= 11 is 6.57. The maximum Gasteiger partial charge on any atom is 0.410 e. The Labute approximate surface area is 256 Å². The molecule has 0 bridgehead atoms. The smallest absolute Gasteiger partial charge is 0.410 e. The Balaban J connectivity index is 1.29. The maximum absolute atomic E-state index is 13.0. The lowest BCUT2D eigenvalue weighted by Crippen LogP contribution is -2.51. The van der Waals surface area contributed by atoms with E-state index < -0.39 is 5.60 Å². The van der Waals surface area contributed by atoms with Crippen LogP contribution in [-0.4, -0.2) is 73.2 Å². The summed E-state index contributed by atoms with van der Waals surface area (Å²) in [7, 11) is 0. The normalized spacial score (nSPS) is 24.9. The Bertz CT molecular complexity index is 1620. The molecule has 6 rings (SSSR count). The fraction of sp³-hybridized carbons (Fsp3) is 0.531. The van der Waals surface area contributed by atoms with E-state index in [0.29, 0.717) is 30.2 Å². The highest BCUT2D eigenvalue weighted by Gasteiger charge is 2.72. The molecule has 3 aromatic rings. The Morgan fingerprint density at radius 1 is 1.14 bits per heavy atom. The number of fused-ring (bicyclic) bond motifs is 2. The van der Waals surface area contributed by atoms with E-state index in [-0.39, 0.29) is 53.9 Å². The van der Waals surface area contributed by atoms with Crippen molar-refractivity contribution in [3.8, 4) is 11.3 Å². The van der Waals surface area contributed by atoms with Gasteiger partial charge in [-0.3, -0.25) is 14.5 Å². The minimum atomic E-state index is -0.588. The molecule has 228 valence electrons.